The van der Waals surface area contributed by atoms with Crippen molar-refractivity contribution in [1.29, 1.82) is 0 Å². The van der Waals surface area contributed by atoms with E-state index in [2.05, 4.69) is 148 Å². The van der Waals surface area contributed by atoms with Crippen LogP contribution >= 0.6 is 0 Å². The lowest BCUT2D eigenvalue weighted by atomic mass is 10.0. The van der Waals surface area contributed by atoms with Crippen molar-refractivity contribution in [1.82, 2.24) is 0 Å². The van der Waals surface area contributed by atoms with Crippen LogP contribution < -0.4 is 0 Å². The van der Waals surface area contributed by atoms with Gasteiger partial charge in [-0.05, 0) is 103 Å². The second-order valence-electron chi connectivity index (χ2n) is 20.9. The van der Waals surface area contributed by atoms with Crippen LogP contribution in [0.2, 0.25) is 0 Å². The van der Waals surface area contributed by atoms with Gasteiger partial charge in [-0.3, -0.25) is 14.4 Å². The predicted molar refractivity (Wildman–Crippen MR) is 339 cm³/mol. The van der Waals surface area contributed by atoms with E-state index in [0.717, 1.165) is 116 Å². The summed E-state index contributed by atoms with van der Waals surface area (Å²) in [5.74, 6) is -0.997. The molecule has 442 valence electrons. The zero-order chi connectivity index (χ0) is 56.4. The fourth-order valence-electron chi connectivity index (χ4n) is 8.67. The number of carbonyl (C=O) groups excluding carboxylic acids is 3. The Hall–Kier alpha value is -4.45. The topological polar surface area (TPSA) is 78.9 Å². The number of carbonyl (C=O) groups is 3. The Morgan fingerprint density at radius 1 is 0.269 bits per heavy atom. The number of hydrogen-bond donors (Lipinski definition) is 0. The summed E-state index contributed by atoms with van der Waals surface area (Å²) in [6, 6.07) is 0. The van der Waals surface area contributed by atoms with Gasteiger partial charge in [-0.1, -0.05) is 296 Å². The molecule has 0 aromatic heterocycles. The summed E-state index contributed by atoms with van der Waals surface area (Å²) in [4.78, 5) is 38.3. The molecule has 0 aromatic rings. The minimum atomic E-state index is -0.825. The average Bonchev–Trinajstić information content (AvgIpc) is 3.44. The average molecular weight is 1080 g/mol. The summed E-state index contributed by atoms with van der Waals surface area (Å²) in [6.45, 7) is 6.36. The molecule has 6 nitrogen and oxygen atoms in total. The number of ether oxygens (including phenoxy) is 3. The van der Waals surface area contributed by atoms with Crippen LogP contribution in [-0.2, 0) is 28.6 Å². The molecule has 0 aliphatic rings. The quantitative estimate of drug-likeness (QED) is 0.0261. The Labute approximate surface area is 481 Å². The first kappa shape index (κ1) is 73.5. The fraction of sp³-hybridized carbons (Fsp3) is 0.653. The van der Waals surface area contributed by atoms with Crippen LogP contribution in [0.3, 0.4) is 0 Å². The molecule has 6 heteroatoms. The SMILES string of the molecule is CC/C=C\C/C=C\C/C=C\C/C=C\C/C=C\C/C=C\CCC(=O)OC(COC(=O)CCCCCCCCCCC/C=C\C/C=C\C/C=C\C/C=C\C/C=C\CC)COC(=O)CCCCCCCCCCCCCCCCCC. The van der Waals surface area contributed by atoms with E-state index in [9.17, 15) is 14.4 Å². The van der Waals surface area contributed by atoms with E-state index in [1.165, 1.54) is 122 Å². The Morgan fingerprint density at radius 3 is 0.833 bits per heavy atom. The third kappa shape index (κ3) is 62.4. The van der Waals surface area contributed by atoms with E-state index in [1.54, 1.807) is 0 Å². The first-order valence-corrected chi connectivity index (χ1v) is 32.2. The molecule has 1 atom stereocenters. The van der Waals surface area contributed by atoms with Gasteiger partial charge >= 0.3 is 17.9 Å². The maximum Gasteiger partial charge on any atom is 0.306 e. The van der Waals surface area contributed by atoms with Crippen molar-refractivity contribution in [2.24, 2.45) is 0 Å². The molecule has 0 aliphatic heterocycles. The standard InChI is InChI=1S/C72H118O6/c1-4-7-10-13-16-19-22-25-28-31-33-34-35-36-37-38-40-41-44-47-50-53-56-59-62-65-71(74)77-68-69(67-76-70(73)64-61-58-55-52-49-46-43-30-27-24-21-18-15-12-9-6-3)78-72(75)66-63-60-57-54-51-48-45-42-39-32-29-26-23-20-17-14-11-8-5-2/h7-8,10-11,16-17,19-20,25-26,28-29,33-34,36-37,39,42,48,51,57,60,69H,4-6,9,12-15,18,21-24,27,30-32,35,38,40-41,43-47,49-50,52-56,58-59,61-68H2,1-3H3/b10-7-,11-8-,19-16-,20-17-,28-25-,29-26-,34-33-,37-36-,42-39-,51-48-,60-57-. The molecule has 0 aromatic carbocycles. The van der Waals surface area contributed by atoms with Crippen LogP contribution in [0.15, 0.2) is 134 Å². The molecule has 0 aliphatic carbocycles. The van der Waals surface area contributed by atoms with Crippen molar-refractivity contribution >= 4 is 17.9 Å². The lowest BCUT2D eigenvalue weighted by molar-refractivity contribution is -0.166. The van der Waals surface area contributed by atoms with E-state index in [1.807, 2.05) is 6.08 Å². The van der Waals surface area contributed by atoms with Crippen molar-refractivity contribution < 1.29 is 28.6 Å². The highest BCUT2D eigenvalue weighted by atomic mass is 16.6. The van der Waals surface area contributed by atoms with Gasteiger partial charge < -0.3 is 14.2 Å². The largest absolute Gasteiger partial charge is 0.462 e. The predicted octanol–water partition coefficient (Wildman–Crippen LogP) is 22.2. The van der Waals surface area contributed by atoms with E-state index in [0.29, 0.717) is 19.3 Å². The van der Waals surface area contributed by atoms with E-state index < -0.39 is 12.1 Å². The van der Waals surface area contributed by atoms with E-state index in [4.69, 9.17) is 14.2 Å². The molecule has 0 saturated heterocycles. The molecule has 0 radical (unpaired) electrons. The summed E-state index contributed by atoms with van der Waals surface area (Å²) >= 11 is 0. The van der Waals surface area contributed by atoms with Crippen LogP contribution in [0.4, 0.5) is 0 Å². The van der Waals surface area contributed by atoms with Crippen LogP contribution in [-0.4, -0.2) is 37.2 Å². The number of esters is 3. The molecule has 0 heterocycles. The van der Waals surface area contributed by atoms with Gasteiger partial charge in [0.2, 0.25) is 0 Å². The van der Waals surface area contributed by atoms with Gasteiger partial charge in [0.05, 0.1) is 0 Å². The molecule has 0 rings (SSSR count). The molecule has 0 N–H and O–H groups in total. The number of allylic oxidation sites excluding steroid dienone is 22. The third-order valence-corrected chi connectivity index (χ3v) is 13.4. The summed E-state index contributed by atoms with van der Waals surface area (Å²) in [6.07, 6.45) is 91.8. The van der Waals surface area contributed by atoms with Crippen molar-refractivity contribution in [2.75, 3.05) is 13.2 Å². The van der Waals surface area contributed by atoms with Crippen LogP contribution in [0.25, 0.3) is 0 Å². The van der Waals surface area contributed by atoms with Gasteiger partial charge in [0.15, 0.2) is 6.10 Å². The second kappa shape index (κ2) is 65.1. The molecule has 1 unspecified atom stereocenters. The number of rotatable bonds is 57. The van der Waals surface area contributed by atoms with Crippen molar-refractivity contribution in [3.63, 3.8) is 0 Å². The Bertz CT molecular complexity index is 1670. The Morgan fingerprint density at radius 2 is 0.526 bits per heavy atom. The molecule has 0 saturated carbocycles. The van der Waals surface area contributed by atoms with E-state index >= 15 is 0 Å². The maximum absolute atomic E-state index is 12.9. The minimum absolute atomic E-state index is 0.111. The van der Waals surface area contributed by atoms with Gasteiger partial charge in [0.25, 0.3) is 0 Å². The maximum atomic E-state index is 12.9. The smallest absolute Gasteiger partial charge is 0.306 e. The van der Waals surface area contributed by atoms with Gasteiger partial charge in [-0.25, -0.2) is 0 Å². The van der Waals surface area contributed by atoms with Crippen LogP contribution in [0, 0.1) is 0 Å². The van der Waals surface area contributed by atoms with Crippen LogP contribution in [0.1, 0.15) is 284 Å². The van der Waals surface area contributed by atoms with Gasteiger partial charge in [0.1, 0.15) is 13.2 Å². The molecule has 0 bridgehead atoms. The highest BCUT2D eigenvalue weighted by Crippen LogP contribution is 2.16. The fourth-order valence-corrected chi connectivity index (χ4v) is 8.67. The second-order valence-corrected chi connectivity index (χ2v) is 20.9. The molecular formula is C72H118O6. The normalized spacial score (nSPS) is 13.0. The zero-order valence-corrected chi connectivity index (χ0v) is 50.6. The first-order valence-electron chi connectivity index (χ1n) is 32.2. The summed E-state index contributed by atoms with van der Waals surface area (Å²) in [5.41, 5.74) is 0. The lowest BCUT2D eigenvalue weighted by Gasteiger charge is -2.18. The highest BCUT2D eigenvalue weighted by molar-refractivity contribution is 5.71. The lowest BCUT2D eigenvalue weighted by Crippen LogP contribution is -2.30. The summed E-state index contributed by atoms with van der Waals surface area (Å²) in [7, 11) is 0. The molecular weight excluding hydrogens is 961 g/mol. The Kier molecular flexibility index (Phi) is 61.4. The first-order chi connectivity index (χ1) is 38.5. The van der Waals surface area contributed by atoms with Crippen LogP contribution in [0.5, 0.6) is 0 Å². The van der Waals surface area contributed by atoms with Gasteiger partial charge in [-0.15, -0.1) is 0 Å². The summed E-state index contributed by atoms with van der Waals surface area (Å²) < 4.78 is 16.9. The van der Waals surface area contributed by atoms with Crippen molar-refractivity contribution in [2.45, 2.75) is 290 Å². The summed E-state index contributed by atoms with van der Waals surface area (Å²) in [5, 5.41) is 0. The van der Waals surface area contributed by atoms with E-state index in [-0.39, 0.29) is 31.6 Å². The monoisotopic (exact) mass is 1080 g/mol. The molecule has 0 fully saturated rings. The third-order valence-electron chi connectivity index (χ3n) is 13.4. The minimum Gasteiger partial charge on any atom is -0.462 e. The van der Waals surface area contributed by atoms with Crippen molar-refractivity contribution in [3.05, 3.63) is 134 Å². The van der Waals surface area contributed by atoms with Gasteiger partial charge in [0, 0.05) is 19.3 Å². The number of unbranched alkanes of at least 4 members (excludes halogenated alkanes) is 24. The zero-order valence-electron chi connectivity index (χ0n) is 50.6. The molecule has 78 heavy (non-hydrogen) atoms. The highest BCUT2D eigenvalue weighted by Gasteiger charge is 2.19. The molecule has 0 amide bonds. The number of hydrogen-bond acceptors (Lipinski definition) is 6. The Balaban J connectivity index is 4.47. The molecule has 0 spiro atoms. The van der Waals surface area contributed by atoms with Gasteiger partial charge in [-0.2, -0.15) is 0 Å². The van der Waals surface area contributed by atoms with Crippen molar-refractivity contribution in [3.8, 4) is 0 Å².